The highest BCUT2D eigenvalue weighted by Gasteiger charge is 1.60. The van der Waals surface area contributed by atoms with Crippen LogP contribution >= 0.6 is 11.6 Å². The molecular weight excluding hydrogens is 89.5 g/mol. The van der Waals surface area contributed by atoms with Crippen LogP contribution in [-0.2, 0) is 0 Å². The summed E-state index contributed by atoms with van der Waals surface area (Å²) in [7, 11) is 0. The number of hydrogen-bond donors (Lipinski definition) is 2. The molecule has 0 spiro atoms. The average molecular weight is 97.5 g/mol. The van der Waals surface area contributed by atoms with E-state index in [0.717, 1.165) is 0 Å². The van der Waals surface area contributed by atoms with E-state index in [1.807, 2.05) is 0 Å². The molecule has 2 nitrogen and oxygen atoms in total. The summed E-state index contributed by atoms with van der Waals surface area (Å²) in [4.78, 5) is 0. The molecular formula is C2H8ClNO. The topological polar surface area (TPSA) is 55.2 Å². The van der Waals surface area contributed by atoms with E-state index >= 15 is 0 Å². The Morgan fingerprint density at radius 2 is 1.80 bits per heavy atom. The van der Waals surface area contributed by atoms with Crippen molar-refractivity contribution >= 4 is 11.6 Å². The molecule has 0 aliphatic carbocycles. The summed E-state index contributed by atoms with van der Waals surface area (Å²) in [6.45, 7) is 0.0849. The molecule has 0 atom stereocenters. The van der Waals surface area contributed by atoms with Gasteiger partial charge in [0.15, 0.2) is 0 Å². The van der Waals surface area contributed by atoms with Gasteiger partial charge in [0.2, 0.25) is 0 Å². The third-order valence-electron chi connectivity index (χ3n) is 0.0845. The van der Waals surface area contributed by atoms with Crippen molar-refractivity contribution in [2.75, 3.05) is 12.5 Å². The first kappa shape index (κ1) is 8.96. The molecule has 0 aromatic rings. The van der Waals surface area contributed by atoms with Gasteiger partial charge in [-0.15, -0.1) is 11.6 Å². The molecule has 0 bridgehead atoms. The van der Waals surface area contributed by atoms with Crippen molar-refractivity contribution in [3.8, 4) is 0 Å². The van der Waals surface area contributed by atoms with E-state index in [9.17, 15) is 0 Å². The number of hydrogen-bond acceptors (Lipinski definition) is 2. The average Bonchev–Trinajstić information content (AvgIpc) is 1.37. The number of alkyl halides is 1. The van der Waals surface area contributed by atoms with Gasteiger partial charge in [0.05, 0.1) is 6.61 Å². The minimum atomic E-state index is 0. The summed E-state index contributed by atoms with van der Waals surface area (Å²) < 4.78 is 0. The predicted molar refractivity (Wildman–Crippen MR) is 22.8 cm³/mol. The zero-order valence-electron chi connectivity index (χ0n) is 2.95. The van der Waals surface area contributed by atoms with Gasteiger partial charge in [-0.25, -0.2) is 0 Å². The molecule has 0 unspecified atom stereocenters. The molecule has 0 fully saturated rings. The lowest BCUT2D eigenvalue weighted by Gasteiger charge is -1.67. The molecule has 0 saturated carbocycles. The Bertz CT molecular complexity index is 11.6. The molecule has 0 aliphatic rings. The maximum Gasteiger partial charge on any atom is 0.0566 e. The molecule has 0 aromatic carbocycles. The van der Waals surface area contributed by atoms with Crippen LogP contribution in [0.2, 0.25) is 0 Å². The Hall–Kier alpha value is 0.210. The first-order valence-corrected chi connectivity index (χ1v) is 1.62. The van der Waals surface area contributed by atoms with Crippen LogP contribution in [0.15, 0.2) is 0 Å². The van der Waals surface area contributed by atoms with Gasteiger partial charge in [0, 0.05) is 5.88 Å². The van der Waals surface area contributed by atoms with E-state index in [4.69, 9.17) is 16.7 Å². The van der Waals surface area contributed by atoms with Crippen molar-refractivity contribution in [2.24, 2.45) is 0 Å². The van der Waals surface area contributed by atoms with E-state index in [2.05, 4.69) is 0 Å². The predicted octanol–water partition coefficient (Wildman–Crippen LogP) is 0.379. The fraction of sp³-hybridized carbons (Fsp3) is 1.00. The molecule has 0 saturated heterocycles. The molecule has 0 heterocycles. The van der Waals surface area contributed by atoms with Crippen LogP contribution in [0.4, 0.5) is 0 Å². The highest BCUT2D eigenvalue weighted by molar-refractivity contribution is 6.17. The minimum Gasteiger partial charge on any atom is -0.395 e. The summed E-state index contributed by atoms with van der Waals surface area (Å²) in [6, 6.07) is 0. The number of aliphatic hydroxyl groups excluding tert-OH is 1. The van der Waals surface area contributed by atoms with Crippen LogP contribution in [0, 0.1) is 0 Å². The summed E-state index contributed by atoms with van der Waals surface area (Å²) in [5.74, 6) is 0.347. The quantitative estimate of drug-likeness (QED) is 0.465. The molecule has 5 heavy (non-hydrogen) atoms. The summed E-state index contributed by atoms with van der Waals surface area (Å²) in [5, 5.41) is 7.74. The maximum atomic E-state index is 7.74. The molecule has 0 aliphatic heterocycles. The largest absolute Gasteiger partial charge is 0.395 e. The molecule has 4 N–H and O–H groups in total. The number of aliphatic hydroxyl groups is 1. The van der Waals surface area contributed by atoms with Crippen molar-refractivity contribution in [2.45, 2.75) is 0 Å². The lowest BCUT2D eigenvalue weighted by molar-refractivity contribution is 0.321. The van der Waals surface area contributed by atoms with Crippen LogP contribution in [0.25, 0.3) is 0 Å². The fourth-order valence-electron chi connectivity index (χ4n) is 0. The Balaban J connectivity index is 0. The van der Waals surface area contributed by atoms with Crippen molar-refractivity contribution in [1.29, 1.82) is 0 Å². The molecule has 0 aromatic heterocycles. The molecule has 3 heteroatoms. The van der Waals surface area contributed by atoms with Gasteiger partial charge in [-0.1, -0.05) is 0 Å². The monoisotopic (exact) mass is 97.0 g/mol. The Morgan fingerprint density at radius 3 is 1.80 bits per heavy atom. The molecule has 0 rings (SSSR count). The summed E-state index contributed by atoms with van der Waals surface area (Å²) >= 11 is 4.94. The first-order valence-electron chi connectivity index (χ1n) is 1.08. The van der Waals surface area contributed by atoms with E-state index in [1.54, 1.807) is 0 Å². The normalized spacial score (nSPS) is 6.00. The third kappa shape index (κ3) is 14.0. The summed E-state index contributed by atoms with van der Waals surface area (Å²) in [6.07, 6.45) is 0. The Labute approximate surface area is 36.3 Å². The van der Waals surface area contributed by atoms with Gasteiger partial charge < -0.3 is 11.3 Å². The van der Waals surface area contributed by atoms with E-state index < -0.39 is 0 Å². The second kappa shape index (κ2) is 8.88. The van der Waals surface area contributed by atoms with Crippen molar-refractivity contribution in [3.63, 3.8) is 0 Å². The third-order valence-corrected chi connectivity index (χ3v) is 0.254. The second-order valence-corrected chi connectivity index (χ2v) is 0.791. The molecule has 34 valence electrons. The van der Waals surface area contributed by atoms with Crippen LogP contribution < -0.4 is 6.15 Å². The van der Waals surface area contributed by atoms with Gasteiger partial charge in [0.1, 0.15) is 0 Å². The minimum absolute atomic E-state index is 0. The van der Waals surface area contributed by atoms with Crippen LogP contribution in [0.5, 0.6) is 0 Å². The zero-order chi connectivity index (χ0) is 3.41. The van der Waals surface area contributed by atoms with Crippen LogP contribution in [0.3, 0.4) is 0 Å². The first-order chi connectivity index (χ1) is 1.91. The number of rotatable bonds is 1. The zero-order valence-corrected chi connectivity index (χ0v) is 3.70. The van der Waals surface area contributed by atoms with Gasteiger partial charge in [0.25, 0.3) is 0 Å². The van der Waals surface area contributed by atoms with E-state index in [-0.39, 0.29) is 12.8 Å². The highest BCUT2D eigenvalue weighted by atomic mass is 35.5. The van der Waals surface area contributed by atoms with Crippen molar-refractivity contribution < 1.29 is 5.11 Å². The fourth-order valence-corrected chi connectivity index (χ4v) is 0. The molecule has 0 amide bonds. The van der Waals surface area contributed by atoms with Crippen molar-refractivity contribution in [1.82, 2.24) is 6.15 Å². The van der Waals surface area contributed by atoms with Gasteiger partial charge in [-0.3, -0.25) is 0 Å². The SMILES string of the molecule is N.OCCCl. The van der Waals surface area contributed by atoms with Crippen LogP contribution in [-0.4, -0.2) is 17.6 Å². The standard InChI is InChI=1S/C2H5ClO.H3N/c3-1-2-4;/h4H,1-2H2;1H3. The molecule has 0 radical (unpaired) electrons. The van der Waals surface area contributed by atoms with Gasteiger partial charge in [-0.2, -0.15) is 0 Å². The number of halogens is 1. The second-order valence-electron chi connectivity index (χ2n) is 0.413. The lowest BCUT2D eigenvalue weighted by Crippen LogP contribution is -1.76. The van der Waals surface area contributed by atoms with Gasteiger partial charge in [-0.05, 0) is 0 Å². The van der Waals surface area contributed by atoms with E-state index in [0.29, 0.717) is 5.88 Å². The summed E-state index contributed by atoms with van der Waals surface area (Å²) in [5.41, 5.74) is 0. The Morgan fingerprint density at radius 1 is 1.60 bits per heavy atom. The smallest absolute Gasteiger partial charge is 0.0566 e. The van der Waals surface area contributed by atoms with E-state index in [1.165, 1.54) is 0 Å². The maximum absolute atomic E-state index is 7.74. The Kier molecular flexibility index (Phi) is 15.9. The van der Waals surface area contributed by atoms with Gasteiger partial charge >= 0.3 is 0 Å². The lowest BCUT2D eigenvalue weighted by atomic mass is 10.9. The van der Waals surface area contributed by atoms with Crippen molar-refractivity contribution in [3.05, 3.63) is 0 Å². The highest BCUT2D eigenvalue weighted by Crippen LogP contribution is 1.63. The van der Waals surface area contributed by atoms with Crippen LogP contribution in [0.1, 0.15) is 0 Å².